The maximum Gasteiger partial charge on any atom is 0.137 e. The Balaban J connectivity index is 1.07. The molecule has 0 aliphatic rings. The SMILES string of the molecule is c1ccc(-c2ccc(N(c3cccc(-c4ccc5c(c4)c(-c4ccccc4)c(-c4ccccc4)c4ccccc45)c3)c3ccc4c(c3)oc3ccccc34)cc2-c2ccccc2)cc1. The minimum absolute atomic E-state index is 0.855. The summed E-state index contributed by atoms with van der Waals surface area (Å²) >= 11 is 0. The lowest BCUT2D eigenvalue weighted by molar-refractivity contribution is 0.669. The Morgan fingerprint density at radius 2 is 0.703 bits per heavy atom. The quantitative estimate of drug-likeness (QED) is 0.142. The van der Waals surface area contributed by atoms with Gasteiger partial charge in [0.2, 0.25) is 0 Å². The van der Waals surface area contributed by atoms with E-state index in [1.165, 1.54) is 60.5 Å². The van der Waals surface area contributed by atoms with Crippen molar-refractivity contribution in [3.63, 3.8) is 0 Å². The van der Waals surface area contributed by atoms with E-state index in [4.69, 9.17) is 4.42 Å². The lowest BCUT2D eigenvalue weighted by Crippen LogP contribution is -2.10. The number of hydrogen-bond acceptors (Lipinski definition) is 2. The van der Waals surface area contributed by atoms with Crippen LogP contribution < -0.4 is 4.90 Å². The largest absolute Gasteiger partial charge is 0.456 e. The summed E-state index contributed by atoms with van der Waals surface area (Å²) < 4.78 is 6.51. The molecule has 64 heavy (non-hydrogen) atoms. The molecule has 2 nitrogen and oxygen atoms in total. The lowest BCUT2D eigenvalue weighted by Gasteiger charge is -2.27. The molecule has 0 atom stereocenters. The van der Waals surface area contributed by atoms with Gasteiger partial charge >= 0.3 is 0 Å². The van der Waals surface area contributed by atoms with Gasteiger partial charge in [0.1, 0.15) is 11.2 Å². The molecule has 11 aromatic carbocycles. The minimum Gasteiger partial charge on any atom is -0.456 e. The third-order valence-electron chi connectivity index (χ3n) is 12.6. The van der Waals surface area contributed by atoms with Crippen LogP contribution in [0.25, 0.3) is 99.1 Å². The second-order valence-electron chi connectivity index (χ2n) is 16.4. The predicted octanol–water partition coefficient (Wildman–Crippen LogP) is 17.7. The van der Waals surface area contributed by atoms with Gasteiger partial charge in [-0.1, -0.05) is 194 Å². The first-order chi connectivity index (χ1) is 31.7. The standard InChI is InChI=1S/C62H41NO/c1-5-18-42(19-6-1)51-36-33-49(40-57(51)43-20-7-2-8-21-43)63(50-34-37-55-54-29-15-16-31-59(54)64-60(55)41-50)48-27-17-26-46(38-48)47-32-35-53-52-28-13-14-30-56(52)61(44-22-9-3-10-23-44)62(58(53)39-47)45-24-11-4-12-25-45/h1-41H. The van der Waals surface area contributed by atoms with Gasteiger partial charge in [-0.05, 0) is 126 Å². The van der Waals surface area contributed by atoms with E-state index in [1.54, 1.807) is 0 Å². The number of fused-ring (bicyclic) bond motifs is 6. The van der Waals surface area contributed by atoms with Crippen LogP contribution >= 0.6 is 0 Å². The van der Waals surface area contributed by atoms with E-state index in [9.17, 15) is 0 Å². The monoisotopic (exact) mass is 815 g/mol. The molecule has 0 radical (unpaired) electrons. The zero-order chi connectivity index (χ0) is 42.4. The molecule has 0 fully saturated rings. The Morgan fingerprint density at radius 3 is 1.41 bits per heavy atom. The molecular weight excluding hydrogens is 775 g/mol. The molecule has 0 saturated heterocycles. The number of nitrogens with zero attached hydrogens (tertiary/aromatic N) is 1. The molecule has 1 aromatic heterocycles. The third kappa shape index (κ3) is 6.52. The summed E-state index contributed by atoms with van der Waals surface area (Å²) in [7, 11) is 0. The van der Waals surface area contributed by atoms with Gasteiger partial charge < -0.3 is 9.32 Å². The Bertz CT molecular complexity index is 3650. The highest BCUT2D eigenvalue weighted by Crippen LogP contribution is 2.47. The highest BCUT2D eigenvalue weighted by Gasteiger charge is 2.21. The highest BCUT2D eigenvalue weighted by molar-refractivity contribution is 6.22. The normalized spacial score (nSPS) is 11.4. The summed E-state index contributed by atoms with van der Waals surface area (Å²) in [6.07, 6.45) is 0. The van der Waals surface area contributed by atoms with Crippen molar-refractivity contribution in [3.05, 3.63) is 249 Å². The number of anilines is 3. The van der Waals surface area contributed by atoms with Crippen LogP contribution in [0.2, 0.25) is 0 Å². The van der Waals surface area contributed by atoms with E-state index in [-0.39, 0.29) is 0 Å². The van der Waals surface area contributed by atoms with Crippen LogP contribution in [0.15, 0.2) is 253 Å². The molecule has 0 bridgehead atoms. The molecular formula is C62H41NO. The molecule has 0 aliphatic carbocycles. The minimum atomic E-state index is 0.855. The molecule has 2 heteroatoms. The van der Waals surface area contributed by atoms with E-state index < -0.39 is 0 Å². The van der Waals surface area contributed by atoms with Crippen molar-refractivity contribution in [2.45, 2.75) is 0 Å². The van der Waals surface area contributed by atoms with Crippen LogP contribution in [-0.2, 0) is 0 Å². The topological polar surface area (TPSA) is 16.4 Å². The number of benzene rings is 11. The summed E-state index contributed by atoms with van der Waals surface area (Å²) in [5.74, 6) is 0. The molecule has 12 rings (SSSR count). The Kier molecular flexibility index (Phi) is 9.20. The number of hydrogen-bond donors (Lipinski definition) is 0. The maximum atomic E-state index is 6.51. The number of rotatable bonds is 8. The smallest absolute Gasteiger partial charge is 0.137 e. The summed E-state index contributed by atoms with van der Waals surface area (Å²) in [5, 5.41) is 7.18. The van der Waals surface area contributed by atoms with E-state index >= 15 is 0 Å². The highest BCUT2D eigenvalue weighted by atomic mass is 16.3. The van der Waals surface area contributed by atoms with E-state index in [2.05, 4.69) is 241 Å². The van der Waals surface area contributed by atoms with Crippen molar-refractivity contribution < 1.29 is 4.42 Å². The van der Waals surface area contributed by atoms with Crippen molar-refractivity contribution in [1.29, 1.82) is 0 Å². The van der Waals surface area contributed by atoms with Gasteiger partial charge in [-0.3, -0.25) is 0 Å². The van der Waals surface area contributed by atoms with Gasteiger partial charge in [-0.15, -0.1) is 0 Å². The predicted molar refractivity (Wildman–Crippen MR) is 271 cm³/mol. The zero-order valence-corrected chi connectivity index (χ0v) is 35.0. The number of para-hydroxylation sites is 1. The van der Waals surface area contributed by atoms with E-state index in [0.29, 0.717) is 0 Å². The van der Waals surface area contributed by atoms with E-state index in [1.807, 2.05) is 12.1 Å². The fourth-order valence-electron chi connectivity index (χ4n) is 9.70. The summed E-state index contributed by atoms with van der Waals surface area (Å²) in [4.78, 5) is 2.37. The summed E-state index contributed by atoms with van der Waals surface area (Å²) in [6.45, 7) is 0. The molecule has 0 aliphatic heterocycles. The van der Waals surface area contributed by atoms with Crippen molar-refractivity contribution >= 4 is 60.5 Å². The van der Waals surface area contributed by atoms with Gasteiger partial charge in [0.25, 0.3) is 0 Å². The molecule has 300 valence electrons. The van der Waals surface area contributed by atoms with Crippen LogP contribution in [0.3, 0.4) is 0 Å². The first kappa shape index (κ1) is 37.3. The third-order valence-corrected chi connectivity index (χ3v) is 12.6. The molecule has 0 saturated carbocycles. The maximum absolute atomic E-state index is 6.51. The first-order valence-corrected chi connectivity index (χ1v) is 21.9. The average molecular weight is 816 g/mol. The lowest BCUT2D eigenvalue weighted by atomic mass is 9.84. The second kappa shape index (κ2) is 15.8. The Morgan fingerprint density at radius 1 is 0.234 bits per heavy atom. The summed E-state index contributed by atoms with van der Waals surface area (Å²) in [6, 6.07) is 89.7. The zero-order valence-electron chi connectivity index (χ0n) is 35.0. The van der Waals surface area contributed by atoms with Gasteiger partial charge in [0, 0.05) is 33.9 Å². The molecule has 0 N–H and O–H groups in total. The van der Waals surface area contributed by atoms with Crippen LogP contribution in [0.1, 0.15) is 0 Å². The van der Waals surface area contributed by atoms with Crippen molar-refractivity contribution in [1.82, 2.24) is 0 Å². The fraction of sp³-hybridized carbons (Fsp3) is 0. The molecule has 12 aromatic rings. The first-order valence-electron chi connectivity index (χ1n) is 21.9. The van der Waals surface area contributed by atoms with E-state index in [0.717, 1.165) is 55.7 Å². The Labute approximate surface area is 372 Å². The van der Waals surface area contributed by atoms with Crippen LogP contribution in [0.5, 0.6) is 0 Å². The Hall–Kier alpha value is -8.46. The number of furan rings is 1. The van der Waals surface area contributed by atoms with Crippen LogP contribution in [-0.4, -0.2) is 0 Å². The van der Waals surface area contributed by atoms with Crippen LogP contribution in [0, 0.1) is 0 Å². The van der Waals surface area contributed by atoms with Gasteiger partial charge in [0.05, 0.1) is 0 Å². The molecule has 0 unspecified atom stereocenters. The average Bonchev–Trinajstić information content (AvgIpc) is 3.75. The van der Waals surface area contributed by atoms with Crippen molar-refractivity contribution in [2.75, 3.05) is 4.90 Å². The fourth-order valence-corrected chi connectivity index (χ4v) is 9.70. The molecule has 0 spiro atoms. The van der Waals surface area contributed by atoms with Gasteiger partial charge in [0.15, 0.2) is 0 Å². The van der Waals surface area contributed by atoms with Gasteiger partial charge in [-0.25, -0.2) is 0 Å². The summed E-state index contributed by atoms with van der Waals surface area (Å²) in [5.41, 5.74) is 16.7. The molecule has 0 amide bonds. The van der Waals surface area contributed by atoms with Gasteiger partial charge in [-0.2, -0.15) is 0 Å². The van der Waals surface area contributed by atoms with Crippen molar-refractivity contribution in [3.8, 4) is 55.6 Å². The molecule has 1 heterocycles. The van der Waals surface area contributed by atoms with Crippen molar-refractivity contribution in [2.24, 2.45) is 0 Å². The van der Waals surface area contributed by atoms with Crippen LogP contribution in [0.4, 0.5) is 17.1 Å². The second-order valence-corrected chi connectivity index (χ2v) is 16.4.